The van der Waals surface area contributed by atoms with Gasteiger partial charge in [0.25, 0.3) is 0 Å². The lowest BCUT2D eigenvalue weighted by molar-refractivity contribution is 0.375. The van der Waals surface area contributed by atoms with Gasteiger partial charge in [-0.3, -0.25) is 0 Å². The minimum atomic E-state index is 0.483. The van der Waals surface area contributed by atoms with Crippen molar-refractivity contribution in [2.45, 2.75) is 38.6 Å². The molecule has 0 aromatic carbocycles. The summed E-state index contributed by atoms with van der Waals surface area (Å²) in [5.74, 6) is 0.505. The first-order valence-corrected chi connectivity index (χ1v) is 9.34. The summed E-state index contributed by atoms with van der Waals surface area (Å²) in [5.41, 5.74) is 2.51. The maximum Gasteiger partial charge on any atom is 0.153 e. The van der Waals surface area contributed by atoms with E-state index in [9.17, 15) is 0 Å². The molecule has 0 bridgehead atoms. The Morgan fingerprint density at radius 3 is 2.88 bits per heavy atom. The maximum atomic E-state index is 9.11. The van der Waals surface area contributed by atoms with Gasteiger partial charge in [-0.15, -0.1) is 0 Å². The van der Waals surface area contributed by atoms with Crippen molar-refractivity contribution in [1.29, 1.82) is 10.5 Å². The smallest absolute Gasteiger partial charge is 0.153 e. The van der Waals surface area contributed by atoms with Gasteiger partial charge in [-0.05, 0) is 78.4 Å². The Balaban J connectivity index is 1.62. The third kappa shape index (κ3) is 5.74. The Morgan fingerprint density at radius 1 is 1.42 bits per heavy atom. The van der Waals surface area contributed by atoms with Crippen molar-refractivity contribution in [3.8, 4) is 12.1 Å². The molecular weight excluding hydrogens is 411 g/mol. The molecule has 0 aliphatic heterocycles. The highest BCUT2D eigenvalue weighted by atomic mass is 127. The van der Waals surface area contributed by atoms with Gasteiger partial charge in [0.2, 0.25) is 0 Å². The standard InChI is InChI=1S/C19H21IN4/c20-18-10-15(14-24-19(18)12-22)13-23-9-4-2-1-3-6-17(11-21)16-7-5-8-16/h1,3,6,10,14,16,23H,2,4-5,7-9,13H2/b3-1+,17-6+. The fourth-order valence-corrected chi connectivity index (χ4v) is 3.15. The van der Waals surface area contributed by atoms with Crippen LogP contribution >= 0.6 is 22.6 Å². The first-order valence-electron chi connectivity index (χ1n) is 8.26. The quantitative estimate of drug-likeness (QED) is 0.289. The van der Waals surface area contributed by atoms with E-state index in [1.54, 1.807) is 6.20 Å². The maximum absolute atomic E-state index is 9.11. The molecule has 124 valence electrons. The summed E-state index contributed by atoms with van der Waals surface area (Å²) in [6, 6.07) is 6.38. The molecule has 0 amide bonds. The van der Waals surface area contributed by atoms with E-state index in [4.69, 9.17) is 10.5 Å². The van der Waals surface area contributed by atoms with E-state index in [1.807, 2.05) is 18.2 Å². The third-order valence-electron chi connectivity index (χ3n) is 4.14. The zero-order chi connectivity index (χ0) is 17.2. The minimum absolute atomic E-state index is 0.483. The summed E-state index contributed by atoms with van der Waals surface area (Å²) in [6.45, 7) is 1.69. The minimum Gasteiger partial charge on any atom is -0.313 e. The Kier molecular flexibility index (Phi) is 7.94. The molecule has 1 saturated carbocycles. The van der Waals surface area contributed by atoms with Crippen LogP contribution in [0.5, 0.6) is 0 Å². The second-order valence-electron chi connectivity index (χ2n) is 5.89. The lowest BCUT2D eigenvalue weighted by Crippen LogP contribution is -2.14. The number of hydrogen-bond acceptors (Lipinski definition) is 4. The van der Waals surface area contributed by atoms with Crippen LogP contribution in [0.3, 0.4) is 0 Å². The molecular formula is C19H21IN4. The van der Waals surface area contributed by atoms with Crippen molar-refractivity contribution in [1.82, 2.24) is 10.3 Å². The number of halogens is 1. The van der Waals surface area contributed by atoms with Gasteiger partial charge in [0.15, 0.2) is 5.69 Å². The summed E-state index contributed by atoms with van der Waals surface area (Å²) in [6.07, 6.45) is 13.5. The summed E-state index contributed by atoms with van der Waals surface area (Å²) in [7, 11) is 0. The van der Waals surface area contributed by atoms with Crippen LogP contribution in [0.1, 0.15) is 43.4 Å². The lowest BCUT2D eigenvalue weighted by Gasteiger charge is -2.24. The van der Waals surface area contributed by atoms with Gasteiger partial charge < -0.3 is 5.32 Å². The fraction of sp³-hybridized carbons (Fsp3) is 0.421. The Morgan fingerprint density at radius 2 is 2.25 bits per heavy atom. The van der Waals surface area contributed by atoms with Crippen molar-refractivity contribution in [3.05, 3.63) is 50.9 Å². The average Bonchev–Trinajstić information content (AvgIpc) is 2.54. The lowest BCUT2D eigenvalue weighted by atomic mass is 9.80. The number of pyridine rings is 1. The van der Waals surface area contributed by atoms with E-state index in [0.29, 0.717) is 11.6 Å². The average molecular weight is 432 g/mol. The van der Waals surface area contributed by atoms with Crippen LogP contribution in [0.2, 0.25) is 0 Å². The first kappa shape index (κ1) is 18.6. The van der Waals surface area contributed by atoms with Gasteiger partial charge in [-0.2, -0.15) is 10.5 Å². The van der Waals surface area contributed by atoms with Crippen LogP contribution < -0.4 is 5.32 Å². The first-order chi connectivity index (χ1) is 11.7. The molecule has 0 spiro atoms. The second kappa shape index (κ2) is 10.2. The summed E-state index contributed by atoms with van der Waals surface area (Å²) >= 11 is 2.14. The molecule has 1 aliphatic carbocycles. The molecule has 1 fully saturated rings. The van der Waals surface area contributed by atoms with Gasteiger partial charge >= 0.3 is 0 Å². The summed E-state index contributed by atoms with van der Waals surface area (Å²) < 4.78 is 0.892. The molecule has 1 N–H and O–H groups in total. The van der Waals surface area contributed by atoms with Crippen molar-refractivity contribution >= 4 is 22.6 Å². The van der Waals surface area contributed by atoms with Crippen LogP contribution in [0.15, 0.2) is 36.1 Å². The Bertz CT molecular complexity index is 690. The molecule has 0 atom stereocenters. The largest absolute Gasteiger partial charge is 0.313 e. The van der Waals surface area contributed by atoms with Crippen LogP contribution in [0.4, 0.5) is 0 Å². The fourth-order valence-electron chi connectivity index (χ4n) is 2.49. The topological polar surface area (TPSA) is 72.5 Å². The number of nitrogens with zero attached hydrogens (tertiary/aromatic N) is 3. The van der Waals surface area contributed by atoms with E-state index < -0.39 is 0 Å². The van der Waals surface area contributed by atoms with Crippen LogP contribution in [0.25, 0.3) is 0 Å². The van der Waals surface area contributed by atoms with Crippen molar-refractivity contribution in [3.63, 3.8) is 0 Å². The van der Waals surface area contributed by atoms with E-state index in [-0.39, 0.29) is 0 Å². The van der Waals surface area contributed by atoms with Crippen molar-refractivity contribution < 1.29 is 0 Å². The van der Waals surface area contributed by atoms with E-state index in [2.05, 4.69) is 51.1 Å². The molecule has 24 heavy (non-hydrogen) atoms. The highest BCUT2D eigenvalue weighted by Crippen LogP contribution is 2.32. The number of aromatic nitrogens is 1. The molecule has 0 saturated heterocycles. The van der Waals surface area contributed by atoms with E-state index in [0.717, 1.165) is 40.6 Å². The predicted molar refractivity (Wildman–Crippen MR) is 103 cm³/mol. The van der Waals surface area contributed by atoms with Gasteiger partial charge in [-0.25, -0.2) is 4.98 Å². The van der Waals surface area contributed by atoms with Crippen molar-refractivity contribution in [2.24, 2.45) is 5.92 Å². The number of unbranched alkanes of at least 4 members (excludes halogenated alkanes) is 1. The van der Waals surface area contributed by atoms with Crippen LogP contribution in [-0.2, 0) is 6.54 Å². The molecule has 0 radical (unpaired) electrons. The monoisotopic (exact) mass is 432 g/mol. The second-order valence-corrected chi connectivity index (χ2v) is 7.06. The summed E-state index contributed by atoms with van der Waals surface area (Å²) in [5, 5.41) is 21.4. The number of nitriles is 2. The highest BCUT2D eigenvalue weighted by molar-refractivity contribution is 14.1. The summed E-state index contributed by atoms with van der Waals surface area (Å²) in [4.78, 5) is 4.13. The molecule has 1 aromatic rings. The van der Waals surface area contributed by atoms with Crippen molar-refractivity contribution in [2.75, 3.05) is 6.54 Å². The van der Waals surface area contributed by atoms with Gasteiger partial charge in [0.05, 0.1) is 6.07 Å². The van der Waals surface area contributed by atoms with E-state index >= 15 is 0 Å². The number of nitrogens with one attached hydrogen (secondary N) is 1. The molecule has 4 nitrogen and oxygen atoms in total. The van der Waals surface area contributed by atoms with Crippen LogP contribution in [-0.4, -0.2) is 11.5 Å². The van der Waals surface area contributed by atoms with Gasteiger partial charge in [0.1, 0.15) is 6.07 Å². The Hall–Kier alpha value is -1.70. The molecule has 5 heteroatoms. The van der Waals surface area contributed by atoms with E-state index in [1.165, 1.54) is 19.3 Å². The Labute approximate surface area is 157 Å². The number of allylic oxidation sites excluding steroid dienone is 4. The SMILES string of the molecule is N#C/C(=C\C=C\CCCNCc1cnc(C#N)c(I)c1)C1CCC1. The predicted octanol–water partition coefficient (Wildman–Crippen LogP) is 4.23. The highest BCUT2D eigenvalue weighted by Gasteiger charge is 2.20. The zero-order valence-electron chi connectivity index (χ0n) is 13.6. The zero-order valence-corrected chi connectivity index (χ0v) is 15.8. The molecule has 2 rings (SSSR count). The third-order valence-corrected chi connectivity index (χ3v) is 4.97. The van der Waals surface area contributed by atoms with Gasteiger partial charge in [0, 0.05) is 21.9 Å². The molecule has 1 aromatic heterocycles. The normalized spacial score (nSPS) is 15.0. The molecule has 1 aliphatic rings. The van der Waals surface area contributed by atoms with Crippen LogP contribution in [0, 0.1) is 32.2 Å². The number of hydrogen-bond donors (Lipinski definition) is 1. The number of rotatable bonds is 8. The molecule has 0 unspecified atom stereocenters. The molecule has 1 heterocycles. The van der Waals surface area contributed by atoms with Gasteiger partial charge in [-0.1, -0.05) is 18.6 Å².